The molecule has 48 heavy (non-hydrogen) atoms. The molecular formula is C33H46ClN3O9S2. The van der Waals surface area contributed by atoms with E-state index in [-0.39, 0.29) is 17.4 Å². The van der Waals surface area contributed by atoms with E-state index in [2.05, 4.69) is 17.9 Å². The van der Waals surface area contributed by atoms with Crippen molar-refractivity contribution in [1.82, 2.24) is 10.2 Å². The molecule has 1 fully saturated rings. The quantitative estimate of drug-likeness (QED) is 0.277. The van der Waals surface area contributed by atoms with Gasteiger partial charge in [0.25, 0.3) is 0 Å². The number of methoxy groups -OCH3 is 2. The van der Waals surface area contributed by atoms with Crippen molar-refractivity contribution in [2.24, 2.45) is 0 Å². The molecule has 7 atom stereocenters. The van der Waals surface area contributed by atoms with Crippen molar-refractivity contribution in [3.05, 3.63) is 46.5 Å². The number of aliphatic hydroxyl groups excluding tert-OH is 1. The van der Waals surface area contributed by atoms with E-state index < -0.39 is 65.5 Å². The van der Waals surface area contributed by atoms with Gasteiger partial charge in [0.15, 0.2) is 0 Å². The van der Waals surface area contributed by atoms with Crippen LogP contribution in [0.3, 0.4) is 0 Å². The number of carbonyl (C=O) groups is 4. The molecule has 2 heterocycles. The first-order valence-corrected chi connectivity index (χ1v) is 17.5. The summed E-state index contributed by atoms with van der Waals surface area (Å²) in [5.74, 6) is -0.943. The molecule has 12 nitrogen and oxygen atoms in total. The lowest BCUT2D eigenvalue weighted by molar-refractivity contribution is -0.161. The number of thioether (sulfide) groups is 1. The highest BCUT2D eigenvalue weighted by molar-refractivity contribution is 8.00. The second kappa shape index (κ2) is 18.2. The number of rotatable bonds is 7. The minimum absolute atomic E-state index is 0.119. The summed E-state index contributed by atoms with van der Waals surface area (Å²) in [6.45, 7) is 5.24. The lowest BCUT2D eigenvalue weighted by atomic mass is 9.99. The Hall–Kier alpha value is -2.91. The van der Waals surface area contributed by atoms with Crippen molar-refractivity contribution < 1.29 is 43.2 Å². The number of anilines is 1. The molecule has 3 unspecified atom stereocenters. The number of amides is 3. The molecule has 1 aromatic carbocycles. The van der Waals surface area contributed by atoms with Gasteiger partial charge in [-0.05, 0) is 50.6 Å². The first-order chi connectivity index (χ1) is 22.7. The Balaban J connectivity index is 2.05. The van der Waals surface area contributed by atoms with Gasteiger partial charge in [0, 0.05) is 39.3 Å². The van der Waals surface area contributed by atoms with Crippen LogP contribution in [0.2, 0.25) is 5.02 Å². The summed E-state index contributed by atoms with van der Waals surface area (Å²) in [6.07, 6.45) is 3.15. The zero-order chi connectivity index (χ0) is 35.7. The molecule has 2 aliphatic heterocycles. The largest absolute Gasteiger partial charge is 0.495 e. The van der Waals surface area contributed by atoms with Gasteiger partial charge in [-0.25, -0.2) is 9.59 Å². The number of hydrogen-bond acceptors (Lipinski definition) is 11. The number of nitrogens with zero attached hydrogens (tertiary/aromatic N) is 2. The molecule has 0 radical (unpaired) electrons. The van der Waals surface area contributed by atoms with Gasteiger partial charge >= 0.3 is 12.1 Å². The molecule has 266 valence electrons. The Morgan fingerprint density at radius 2 is 2.00 bits per heavy atom. The first-order valence-electron chi connectivity index (χ1n) is 15.6. The first kappa shape index (κ1) is 39.5. The third-order valence-corrected chi connectivity index (χ3v) is 10.3. The van der Waals surface area contributed by atoms with E-state index in [9.17, 15) is 24.3 Å². The van der Waals surface area contributed by atoms with E-state index in [1.807, 2.05) is 25.2 Å². The number of nitrogens with one attached hydrogen (secondary N) is 1. The number of esters is 1. The molecular weight excluding hydrogens is 682 g/mol. The highest BCUT2D eigenvalue weighted by Gasteiger charge is 2.39. The minimum atomic E-state index is -1.41. The molecule has 2 aliphatic rings. The fourth-order valence-electron chi connectivity index (χ4n) is 5.34. The summed E-state index contributed by atoms with van der Waals surface area (Å²) in [7, 11) is 6.04. The summed E-state index contributed by atoms with van der Waals surface area (Å²) in [5.41, 5.74) is 0.769. The molecule has 15 heteroatoms. The van der Waals surface area contributed by atoms with E-state index in [1.54, 1.807) is 26.2 Å². The van der Waals surface area contributed by atoms with Crippen molar-refractivity contribution >= 4 is 65.6 Å². The number of aliphatic hydroxyl groups is 1. The summed E-state index contributed by atoms with van der Waals surface area (Å²) < 4.78 is 22.6. The number of thiol groups is 1. The molecule has 3 amide bonds. The number of carbonyl (C=O) groups excluding carboxylic acids is 4. The molecule has 1 aromatic rings. The number of hydrogen-bond donors (Lipinski definition) is 3. The van der Waals surface area contributed by atoms with Crippen molar-refractivity contribution in [2.75, 3.05) is 39.0 Å². The Labute approximate surface area is 296 Å². The highest BCUT2D eigenvalue weighted by atomic mass is 35.5. The van der Waals surface area contributed by atoms with Gasteiger partial charge in [0.2, 0.25) is 11.8 Å². The predicted octanol–water partition coefficient (Wildman–Crippen LogP) is 4.16. The minimum Gasteiger partial charge on any atom is -0.495 e. The Bertz CT molecular complexity index is 1390. The van der Waals surface area contributed by atoms with E-state index in [1.165, 1.54) is 37.9 Å². The van der Waals surface area contributed by atoms with E-state index in [0.717, 1.165) is 22.9 Å². The average Bonchev–Trinajstić information content (AvgIpc) is 3.05. The van der Waals surface area contributed by atoms with Crippen LogP contribution < -0.4 is 15.0 Å². The van der Waals surface area contributed by atoms with Crippen LogP contribution in [0.4, 0.5) is 10.5 Å². The Kier molecular flexibility index (Phi) is 15.0. The van der Waals surface area contributed by atoms with Gasteiger partial charge in [-0.2, -0.15) is 12.6 Å². The SMILES string of the molecule is COc1cc2cc(c1Cl)N(C)C(=O)C[C@H](OC(=O)[C@H](C)N(C)C(=O)CCS)C(O)S[C@H](C)C1CC(NC(=O)O1)[C@H](OC)/C=C/C=C(\C)C2. The smallest absolute Gasteiger partial charge is 0.407 e. The summed E-state index contributed by atoms with van der Waals surface area (Å²) in [4.78, 5) is 54.7. The lowest BCUT2D eigenvalue weighted by Crippen LogP contribution is -2.53. The average molecular weight is 728 g/mol. The fourth-order valence-corrected chi connectivity index (χ4v) is 6.95. The maximum absolute atomic E-state index is 13.8. The van der Waals surface area contributed by atoms with Gasteiger partial charge in [0.1, 0.15) is 34.5 Å². The number of alkyl carbamates (subject to hydrolysis) is 1. The van der Waals surface area contributed by atoms with Crippen molar-refractivity contribution in [2.45, 2.75) is 87.5 Å². The van der Waals surface area contributed by atoms with Crippen LogP contribution in [0.1, 0.15) is 45.6 Å². The van der Waals surface area contributed by atoms with Crippen LogP contribution in [0.25, 0.3) is 0 Å². The van der Waals surface area contributed by atoms with Crippen LogP contribution in [0, 0.1) is 0 Å². The normalized spacial score (nSPS) is 27.9. The molecule has 0 aromatic heterocycles. The highest BCUT2D eigenvalue weighted by Crippen LogP contribution is 2.37. The second-order valence-corrected chi connectivity index (χ2v) is 14.2. The number of fused-ring (bicyclic) bond motifs is 4. The van der Waals surface area contributed by atoms with Crippen molar-refractivity contribution in [3.63, 3.8) is 0 Å². The fraction of sp³-hybridized carbons (Fsp3) is 0.576. The third-order valence-electron chi connectivity index (χ3n) is 8.40. The van der Waals surface area contributed by atoms with Crippen LogP contribution >= 0.6 is 36.0 Å². The van der Waals surface area contributed by atoms with Gasteiger partial charge in [-0.3, -0.25) is 9.59 Å². The molecule has 4 bridgehead atoms. The van der Waals surface area contributed by atoms with Gasteiger partial charge in [-0.1, -0.05) is 35.4 Å². The van der Waals surface area contributed by atoms with Gasteiger partial charge in [0.05, 0.1) is 31.4 Å². The molecule has 0 saturated carbocycles. The molecule has 2 N–H and O–H groups in total. The molecule has 0 aliphatic carbocycles. The topological polar surface area (TPSA) is 144 Å². The predicted molar refractivity (Wildman–Crippen MR) is 189 cm³/mol. The molecule has 1 saturated heterocycles. The maximum atomic E-state index is 13.8. The summed E-state index contributed by atoms with van der Waals surface area (Å²) >= 11 is 11.8. The zero-order valence-corrected chi connectivity index (χ0v) is 30.8. The number of benzene rings is 1. The van der Waals surface area contributed by atoms with Crippen LogP contribution in [-0.2, 0) is 35.0 Å². The van der Waals surface area contributed by atoms with Crippen LogP contribution in [0.15, 0.2) is 35.9 Å². The summed E-state index contributed by atoms with van der Waals surface area (Å²) in [6, 6.07) is 2.15. The zero-order valence-electron chi connectivity index (χ0n) is 28.3. The number of likely N-dealkylation sites (N-methyl/N-ethyl adjacent to an activating group) is 1. The lowest BCUT2D eigenvalue weighted by Gasteiger charge is -2.36. The monoisotopic (exact) mass is 727 g/mol. The van der Waals surface area contributed by atoms with Crippen LogP contribution in [-0.4, -0.2) is 109 Å². The molecule has 3 rings (SSSR count). The van der Waals surface area contributed by atoms with Gasteiger partial charge < -0.3 is 39.2 Å². The van der Waals surface area contributed by atoms with Crippen LogP contribution in [0.5, 0.6) is 5.75 Å². The van der Waals surface area contributed by atoms with Gasteiger partial charge in [-0.15, -0.1) is 11.8 Å². The van der Waals surface area contributed by atoms with Crippen molar-refractivity contribution in [1.29, 1.82) is 0 Å². The summed E-state index contributed by atoms with van der Waals surface area (Å²) in [5, 5.41) is 14.0. The van der Waals surface area contributed by atoms with E-state index >= 15 is 0 Å². The van der Waals surface area contributed by atoms with E-state index in [0.29, 0.717) is 30.0 Å². The van der Waals surface area contributed by atoms with E-state index in [4.69, 9.17) is 30.5 Å². The maximum Gasteiger partial charge on any atom is 0.407 e. The molecule has 0 spiro atoms. The Morgan fingerprint density at radius 1 is 1.29 bits per heavy atom. The Morgan fingerprint density at radius 3 is 2.65 bits per heavy atom. The number of allylic oxidation sites excluding steroid dienone is 3. The second-order valence-electron chi connectivity index (χ2n) is 11.9. The third kappa shape index (κ3) is 10.3. The van der Waals surface area contributed by atoms with Crippen molar-refractivity contribution in [3.8, 4) is 5.75 Å². The number of halogens is 1. The standard InChI is InChI=1S/C33H46ClN3O9S2/c1-18-9-8-10-24(43-6)22-16-25(46-33(42)35-22)20(3)48-32(41)27(45-31(40)19(2)36(4)28(38)11-12-47)17-29(39)37(5)23-14-21(13-18)15-26(44-7)30(23)34/h8-10,14-15,19-20,22,24-25,27,32,41,47H,11-13,16-17H2,1-7H3,(H,35,42)/b10-8+,18-9+/t19-,20+,22?,24+,25?,27-,32?/m0/s1. The number of ether oxygens (including phenoxy) is 4.